The molecule has 0 fully saturated rings. The summed E-state index contributed by atoms with van der Waals surface area (Å²) in [6.45, 7) is 0.276. The minimum atomic E-state index is 0.171. The maximum atomic E-state index is 10.6. The van der Waals surface area contributed by atoms with Gasteiger partial charge in [0.05, 0.1) is 23.2 Å². The monoisotopic (exact) mass is 347 g/mol. The van der Waals surface area contributed by atoms with Crippen LogP contribution in [0.25, 0.3) is 16.6 Å². The third-order valence-corrected chi connectivity index (χ3v) is 4.79. The molecule has 2 heterocycles. The lowest BCUT2D eigenvalue weighted by Gasteiger charge is -2.20. The maximum absolute atomic E-state index is 10.6. The normalized spacial score (nSPS) is 14.6. The second kappa shape index (κ2) is 5.91. The number of nitrogens with zero attached hydrogens (tertiary/aromatic N) is 4. The molecule has 26 heavy (non-hydrogen) atoms. The van der Waals surface area contributed by atoms with E-state index in [0.717, 1.165) is 22.4 Å². The summed E-state index contributed by atoms with van der Waals surface area (Å²) in [5, 5.41) is 19.2. The Morgan fingerprint density at radius 3 is 2.42 bits per heavy atom. The van der Waals surface area contributed by atoms with Crippen LogP contribution in [-0.4, -0.2) is 41.1 Å². The van der Waals surface area contributed by atoms with Crippen molar-refractivity contribution < 1.29 is 5.11 Å². The van der Waals surface area contributed by atoms with E-state index in [1.165, 1.54) is 0 Å². The molecule has 0 atom stereocenters. The molecule has 132 valence electrons. The molecule has 1 aliphatic rings. The van der Waals surface area contributed by atoms with Gasteiger partial charge in [-0.25, -0.2) is 4.98 Å². The highest BCUT2D eigenvalue weighted by molar-refractivity contribution is 6.30. The van der Waals surface area contributed by atoms with E-state index in [4.69, 9.17) is 5.41 Å². The number of imidazole rings is 1. The lowest BCUT2D eigenvalue weighted by atomic mass is 10.2. The Morgan fingerprint density at radius 2 is 1.77 bits per heavy atom. The minimum absolute atomic E-state index is 0.171. The first-order valence-electron chi connectivity index (χ1n) is 8.45. The number of benzene rings is 2. The van der Waals surface area contributed by atoms with Crippen molar-refractivity contribution in [3.8, 4) is 0 Å². The number of fused-ring (bicyclic) bond motifs is 1. The lowest BCUT2D eigenvalue weighted by molar-refractivity contribution is 0.411. The third kappa shape index (κ3) is 2.42. The van der Waals surface area contributed by atoms with Crippen LogP contribution >= 0.6 is 0 Å². The molecule has 6 nitrogen and oxygen atoms in total. The van der Waals surface area contributed by atoms with Gasteiger partial charge in [0, 0.05) is 32.5 Å². The molecular formula is C20H21N5O. The van der Waals surface area contributed by atoms with Gasteiger partial charge in [-0.3, -0.25) is 5.41 Å². The van der Waals surface area contributed by atoms with Gasteiger partial charge in [0.2, 0.25) is 0 Å². The average molecular weight is 347 g/mol. The van der Waals surface area contributed by atoms with E-state index in [9.17, 15) is 5.11 Å². The number of aromatic nitrogens is 2. The highest BCUT2D eigenvalue weighted by Crippen LogP contribution is 2.32. The molecule has 2 aromatic carbocycles. The summed E-state index contributed by atoms with van der Waals surface area (Å²) in [6.07, 6.45) is 0. The SMILES string of the molecule is CN(C)c1ccc(N2CC(O)=C(c3nc4ccccc4n3C)C2=N)cc1. The van der Waals surface area contributed by atoms with Gasteiger partial charge in [-0.2, -0.15) is 0 Å². The van der Waals surface area contributed by atoms with Crippen LogP contribution in [0.4, 0.5) is 11.4 Å². The zero-order valence-electron chi connectivity index (χ0n) is 15.1. The average Bonchev–Trinajstić information content (AvgIpc) is 3.11. The molecule has 0 aliphatic carbocycles. The summed E-state index contributed by atoms with van der Waals surface area (Å²) in [7, 11) is 5.89. The molecule has 0 saturated heterocycles. The third-order valence-electron chi connectivity index (χ3n) is 4.79. The molecular weight excluding hydrogens is 326 g/mol. The first-order chi connectivity index (χ1) is 12.5. The first kappa shape index (κ1) is 16.2. The van der Waals surface area contributed by atoms with Crippen molar-refractivity contribution in [2.75, 3.05) is 30.4 Å². The number of nitrogens with one attached hydrogen (secondary N) is 1. The van der Waals surface area contributed by atoms with Crippen molar-refractivity contribution in [2.24, 2.45) is 7.05 Å². The quantitative estimate of drug-likeness (QED) is 0.762. The van der Waals surface area contributed by atoms with Crippen LogP contribution in [0.1, 0.15) is 5.82 Å². The van der Waals surface area contributed by atoms with Gasteiger partial charge in [0.1, 0.15) is 17.4 Å². The van der Waals surface area contributed by atoms with E-state index in [1.54, 1.807) is 4.90 Å². The summed E-state index contributed by atoms with van der Waals surface area (Å²) in [5.41, 5.74) is 4.28. The Labute approximate surface area is 152 Å². The Bertz CT molecular complexity index is 1030. The molecule has 0 spiro atoms. The van der Waals surface area contributed by atoms with Crippen molar-refractivity contribution >= 4 is 33.8 Å². The summed E-state index contributed by atoms with van der Waals surface area (Å²) in [6, 6.07) is 15.8. The lowest BCUT2D eigenvalue weighted by Crippen LogP contribution is -2.26. The topological polar surface area (TPSA) is 68.4 Å². The fourth-order valence-electron chi connectivity index (χ4n) is 3.33. The fraction of sp³-hybridized carbons (Fsp3) is 0.200. The van der Waals surface area contributed by atoms with Crippen LogP contribution in [0.15, 0.2) is 54.3 Å². The highest BCUT2D eigenvalue weighted by Gasteiger charge is 2.32. The predicted molar refractivity (Wildman–Crippen MR) is 106 cm³/mol. The number of hydrogen-bond acceptors (Lipinski definition) is 4. The first-order valence-corrected chi connectivity index (χ1v) is 8.45. The van der Waals surface area contributed by atoms with Gasteiger partial charge in [-0.05, 0) is 36.4 Å². The van der Waals surface area contributed by atoms with Crippen molar-refractivity contribution in [3.63, 3.8) is 0 Å². The largest absolute Gasteiger partial charge is 0.509 e. The van der Waals surface area contributed by atoms with Crippen LogP contribution in [0, 0.1) is 5.41 Å². The number of hydrogen-bond donors (Lipinski definition) is 2. The van der Waals surface area contributed by atoms with Gasteiger partial charge in [0.25, 0.3) is 0 Å². The molecule has 1 aliphatic heterocycles. The fourth-order valence-corrected chi connectivity index (χ4v) is 3.33. The van der Waals surface area contributed by atoms with Gasteiger partial charge in [-0.15, -0.1) is 0 Å². The van der Waals surface area contributed by atoms with Gasteiger partial charge in [-0.1, -0.05) is 12.1 Å². The van der Waals surface area contributed by atoms with Gasteiger partial charge >= 0.3 is 0 Å². The molecule has 6 heteroatoms. The molecule has 2 N–H and O–H groups in total. The molecule has 0 bridgehead atoms. The van der Waals surface area contributed by atoms with Crippen molar-refractivity contribution in [1.29, 1.82) is 5.41 Å². The Morgan fingerprint density at radius 1 is 1.08 bits per heavy atom. The predicted octanol–water partition coefficient (Wildman–Crippen LogP) is 3.41. The zero-order chi connectivity index (χ0) is 18.4. The Hall–Kier alpha value is -3.28. The minimum Gasteiger partial charge on any atom is -0.509 e. The van der Waals surface area contributed by atoms with Crippen molar-refractivity contribution in [2.45, 2.75) is 0 Å². The Balaban J connectivity index is 1.71. The van der Waals surface area contributed by atoms with Gasteiger partial charge < -0.3 is 19.5 Å². The standard InChI is InChI=1S/C20H21N5O/c1-23(2)13-8-10-14(11-9-13)25-12-17(26)18(19(25)21)20-22-15-6-4-5-7-16(15)24(20)3/h4-11,21,26H,12H2,1-3H3. The molecule has 4 rings (SSSR count). The number of amidine groups is 1. The van der Waals surface area contributed by atoms with Crippen LogP contribution in [0.3, 0.4) is 0 Å². The van der Waals surface area contributed by atoms with E-state index in [0.29, 0.717) is 11.4 Å². The second-order valence-corrected chi connectivity index (χ2v) is 6.65. The zero-order valence-corrected chi connectivity index (χ0v) is 15.1. The highest BCUT2D eigenvalue weighted by atomic mass is 16.3. The van der Waals surface area contributed by atoms with E-state index in [1.807, 2.05) is 79.1 Å². The van der Waals surface area contributed by atoms with Gasteiger partial charge in [0.15, 0.2) is 0 Å². The molecule has 0 radical (unpaired) electrons. The number of para-hydroxylation sites is 2. The molecule has 3 aromatic rings. The van der Waals surface area contributed by atoms with E-state index in [2.05, 4.69) is 4.98 Å². The van der Waals surface area contributed by atoms with E-state index < -0.39 is 0 Å². The summed E-state index contributed by atoms with van der Waals surface area (Å²) < 4.78 is 1.92. The molecule has 0 amide bonds. The van der Waals surface area contributed by atoms with Crippen LogP contribution in [0.2, 0.25) is 0 Å². The van der Waals surface area contributed by atoms with Crippen molar-refractivity contribution in [3.05, 3.63) is 60.1 Å². The second-order valence-electron chi connectivity index (χ2n) is 6.65. The van der Waals surface area contributed by atoms with Crippen LogP contribution < -0.4 is 9.80 Å². The smallest absolute Gasteiger partial charge is 0.148 e. The van der Waals surface area contributed by atoms with E-state index in [-0.39, 0.29) is 18.1 Å². The Kier molecular flexibility index (Phi) is 3.68. The summed E-state index contributed by atoms with van der Waals surface area (Å²) in [5.74, 6) is 1.05. The van der Waals surface area contributed by atoms with E-state index >= 15 is 0 Å². The van der Waals surface area contributed by atoms with Crippen LogP contribution in [0.5, 0.6) is 0 Å². The maximum Gasteiger partial charge on any atom is 0.148 e. The molecule has 1 aromatic heterocycles. The number of aliphatic hydroxyl groups is 1. The number of aryl methyl sites for hydroxylation is 1. The number of anilines is 2. The summed E-state index contributed by atoms with van der Waals surface area (Å²) >= 11 is 0. The van der Waals surface area contributed by atoms with Crippen LogP contribution in [-0.2, 0) is 7.05 Å². The number of aliphatic hydroxyl groups excluding tert-OH is 1. The van der Waals surface area contributed by atoms with Crippen molar-refractivity contribution in [1.82, 2.24) is 9.55 Å². The number of rotatable bonds is 3. The molecule has 0 saturated carbocycles. The summed E-state index contributed by atoms with van der Waals surface area (Å²) in [4.78, 5) is 8.45. The molecule has 0 unspecified atom stereocenters.